The summed E-state index contributed by atoms with van der Waals surface area (Å²) in [5.41, 5.74) is 1.77. The first-order valence-electron chi connectivity index (χ1n) is 10.3. The third-order valence-corrected chi connectivity index (χ3v) is 4.95. The number of H-pyrrole nitrogens is 1. The fourth-order valence-electron chi connectivity index (χ4n) is 3.40. The van der Waals surface area contributed by atoms with Gasteiger partial charge < -0.3 is 15.2 Å². The van der Waals surface area contributed by atoms with Crippen LogP contribution in [0.15, 0.2) is 59.4 Å². The van der Waals surface area contributed by atoms with Crippen molar-refractivity contribution in [2.45, 2.75) is 32.7 Å². The van der Waals surface area contributed by atoms with Crippen LogP contribution in [0.5, 0.6) is 0 Å². The molecule has 0 aliphatic rings. The lowest BCUT2D eigenvalue weighted by Gasteiger charge is -2.18. The largest absolute Gasteiger partial charge is 0.351 e. The van der Waals surface area contributed by atoms with E-state index in [1.165, 1.54) is 5.56 Å². The summed E-state index contributed by atoms with van der Waals surface area (Å²) in [4.78, 5) is 33.3. The van der Waals surface area contributed by atoms with E-state index in [-0.39, 0.29) is 11.5 Å². The minimum atomic E-state index is -0.132. The first-order chi connectivity index (χ1) is 14.2. The number of unbranched alkanes of at least 4 members (excludes halogenated alkanes) is 1. The first-order valence-corrected chi connectivity index (χ1v) is 10.3. The van der Waals surface area contributed by atoms with Crippen LogP contribution in [0.2, 0.25) is 0 Å². The van der Waals surface area contributed by atoms with Gasteiger partial charge in [0.15, 0.2) is 12.4 Å². The molecule has 0 bridgehead atoms. The predicted octanol–water partition coefficient (Wildman–Crippen LogP) is 1.47. The number of rotatable bonds is 10. The second-order valence-electron chi connectivity index (χ2n) is 7.32. The molecule has 1 amide bonds. The summed E-state index contributed by atoms with van der Waals surface area (Å²) in [5, 5.41) is 3.60. The van der Waals surface area contributed by atoms with Gasteiger partial charge in [0, 0.05) is 6.54 Å². The fraction of sp³-hybridized carbons (Fsp3) is 0.348. The summed E-state index contributed by atoms with van der Waals surface area (Å²) >= 11 is 0. The molecular weight excluding hydrogens is 364 g/mol. The second-order valence-corrected chi connectivity index (χ2v) is 7.32. The highest BCUT2D eigenvalue weighted by Crippen LogP contribution is 2.05. The molecule has 0 aliphatic heterocycles. The first kappa shape index (κ1) is 20.7. The van der Waals surface area contributed by atoms with Crippen LogP contribution in [0.3, 0.4) is 0 Å². The van der Waals surface area contributed by atoms with E-state index in [4.69, 9.17) is 0 Å². The topological polar surface area (TPSA) is 79.3 Å². The van der Waals surface area contributed by atoms with E-state index in [0.29, 0.717) is 36.4 Å². The molecule has 6 heteroatoms. The molecule has 1 aromatic heterocycles. The van der Waals surface area contributed by atoms with Gasteiger partial charge in [-0.15, -0.1) is 0 Å². The Hall–Kier alpha value is -2.99. The van der Waals surface area contributed by atoms with E-state index in [1.807, 2.05) is 36.4 Å². The van der Waals surface area contributed by atoms with Crippen molar-refractivity contribution in [3.63, 3.8) is 0 Å². The van der Waals surface area contributed by atoms with Crippen molar-refractivity contribution < 1.29 is 9.69 Å². The van der Waals surface area contributed by atoms with Gasteiger partial charge in [0.05, 0.1) is 17.4 Å². The molecule has 0 fully saturated rings. The number of para-hydroxylation sites is 1. The standard InChI is InChI=1S/C23H28N4O2/c1-2-3-15-27(17-22(28)24-14-13-18-9-5-4-6-10-18)16-21-25-20-12-8-7-11-19(20)23(29)26-21/h4-12H,2-3,13-17H2,1H3,(H,24,28)(H,25,26,29)/p+1. The van der Waals surface area contributed by atoms with Gasteiger partial charge in [-0.2, -0.15) is 0 Å². The third kappa shape index (κ3) is 6.26. The molecule has 1 atom stereocenters. The summed E-state index contributed by atoms with van der Waals surface area (Å²) in [6, 6.07) is 17.4. The number of amides is 1. The number of nitrogens with one attached hydrogen (secondary N) is 3. The average molecular weight is 394 g/mol. The maximum atomic E-state index is 12.5. The maximum Gasteiger partial charge on any atom is 0.275 e. The molecule has 0 radical (unpaired) electrons. The number of aromatic nitrogens is 2. The average Bonchev–Trinajstić information content (AvgIpc) is 2.73. The smallest absolute Gasteiger partial charge is 0.275 e. The maximum absolute atomic E-state index is 12.5. The molecule has 3 rings (SSSR count). The quantitative estimate of drug-likeness (QED) is 0.488. The van der Waals surface area contributed by atoms with Crippen molar-refractivity contribution in [1.82, 2.24) is 15.3 Å². The Kier molecular flexibility index (Phi) is 7.53. The van der Waals surface area contributed by atoms with Gasteiger partial charge in [-0.1, -0.05) is 55.8 Å². The number of fused-ring (bicyclic) bond motifs is 1. The van der Waals surface area contributed by atoms with Gasteiger partial charge in [-0.3, -0.25) is 9.59 Å². The molecule has 29 heavy (non-hydrogen) atoms. The van der Waals surface area contributed by atoms with E-state index in [1.54, 1.807) is 6.07 Å². The predicted molar refractivity (Wildman–Crippen MR) is 115 cm³/mol. The van der Waals surface area contributed by atoms with E-state index in [0.717, 1.165) is 30.7 Å². The Morgan fingerprint density at radius 3 is 2.66 bits per heavy atom. The van der Waals surface area contributed by atoms with Crippen molar-refractivity contribution in [3.05, 3.63) is 76.3 Å². The third-order valence-electron chi connectivity index (χ3n) is 4.95. The number of carbonyl (C=O) groups is 1. The Morgan fingerprint density at radius 1 is 1.10 bits per heavy atom. The van der Waals surface area contributed by atoms with Crippen LogP contribution in [0.4, 0.5) is 0 Å². The second kappa shape index (κ2) is 10.5. The van der Waals surface area contributed by atoms with Crippen LogP contribution in [0.25, 0.3) is 10.9 Å². The number of carbonyl (C=O) groups excluding carboxylic acids is 1. The van der Waals surface area contributed by atoms with Crippen molar-refractivity contribution in [2.24, 2.45) is 0 Å². The number of aromatic amines is 1. The number of hydrogen-bond donors (Lipinski definition) is 3. The Morgan fingerprint density at radius 2 is 1.86 bits per heavy atom. The lowest BCUT2D eigenvalue weighted by atomic mass is 10.1. The number of quaternary nitrogens is 1. The minimum absolute atomic E-state index is 0.0233. The van der Waals surface area contributed by atoms with Gasteiger partial charge >= 0.3 is 0 Å². The van der Waals surface area contributed by atoms with E-state index >= 15 is 0 Å². The highest BCUT2D eigenvalue weighted by atomic mass is 16.2. The van der Waals surface area contributed by atoms with Gasteiger partial charge in [0.25, 0.3) is 11.5 Å². The summed E-state index contributed by atoms with van der Waals surface area (Å²) in [7, 11) is 0. The number of benzene rings is 2. The van der Waals surface area contributed by atoms with Gasteiger partial charge in [0.2, 0.25) is 0 Å². The zero-order valence-corrected chi connectivity index (χ0v) is 16.9. The molecule has 0 spiro atoms. The number of nitrogens with zero attached hydrogens (tertiary/aromatic N) is 1. The van der Waals surface area contributed by atoms with Crippen LogP contribution in [-0.2, 0) is 17.8 Å². The number of hydrogen-bond acceptors (Lipinski definition) is 3. The zero-order chi connectivity index (χ0) is 20.5. The summed E-state index contributed by atoms with van der Waals surface area (Å²) in [6.45, 7) is 4.50. The molecule has 6 nitrogen and oxygen atoms in total. The zero-order valence-electron chi connectivity index (χ0n) is 16.9. The highest BCUT2D eigenvalue weighted by molar-refractivity contribution is 5.77. The molecule has 152 valence electrons. The molecule has 0 saturated carbocycles. The van der Waals surface area contributed by atoms with Crippen molar-refractivity contribution in [1.29, 1.82) is 0 Å². The summed E-state index contributed by atoms with van der Waals surface area (Å²) in [5.74, 6) is 0.645. The Balaban J connectivity index is 1.60. The monoisotopic (exact) mass is 393 g/mol. The van der Waals surface area contributed by atoms with E-state index in [9.17, 15) is 9.59 Å². The Labute approximate surface area is 171 Å². The van der Waals surface area contributed by atoms with Crippen LogP contribution >= 0.6 is 0 Å². The van der Waals surface area contributed by atoms with Gasteiger partial charge in [-0.05, 0) is 30.5 Å². The molecule has 2 aromatic carbocycles. The van der Waals surface area contributed by atoms with Gasteiger partial charge in [0.1, 0.15) is 6.54 Å². The van der Waals surface area contributed by atoms with Crippen LogP contribution in [-0.4, -0.2) is 35.5 Å². The minimum Gasteiger partial charge on any atom is -0.351 e. The summed E-state index contributed by atoms with van der Waals surface area (Å²) < 4.78 is 0. The van der Waals surface area contributed by atoms with Crippen molar-refractivity contribution in [2.75, 3.05) is 19.6 Å². The van der Waals surface area contributed by atoms with Crippen LogP contribution in [0.1, 0.15) is 31.2 Å². The van der Waals surface area contributed by atoms with Gasteiger partial charge in [-0.25, -0.2) is 4.98 Å². The van der Waals surface area contributed by atoms with Crippen LogP contribution < -0.4 is 15.8 Å². The Bertz CT molecular complexity index is 985. The molecule has 1 heterocycles. The highest BCUT2D eigenvalue weighted by Gasteiger charge is 2.16. The molecule has 3 N–H and O–H groups in total. The SMILES string of the molecule is CCCC[NH+](CC(=O)NCCc1ccccc1)Cc1nc2ccccc2c(=O)[nH]1. The molecule has 1 unspecified atom stereocenters. The van der Waals surface area contributed by atoms with E-state index in [2.05, 4.69) is 34.3 Å². The lowest BCUT2D eigenvalue weighted by molar-refractivity contribution is -0.906. The summed E-state index contributed by atoms with van der Waals surface area (Å²) in [6.07, 6.45) is 2.89. The lowest BCUT2D eigenvalue weighted by Crippen LogP contribution is -3.12. The molecule has 0 saturated heterocycles. The van der Waals surface area contributed by atoms with E-state index < -0.39 is 0 Å². The molecule has 3 aromatic rings. The van der Waals surface area contributed by atoms with Crippen molar-refractivity contribution >= 4 is 16.8 Å². The van der Waals surface area contributed by atoms with Crippen molar-refractivity contribution in [3.8, 4) is 0 Å². The normalized spacial score (nSPS) is 12.0. The molecule has 0 aliphatic carbocycles. The fourth-order valence-corrected chi connectivity index (χ4v) is 3.40. The molecular formula is C23H29N4O2+. The van der Waals surface area contributed by atoms with Crippen LogP contribution in [0, 0.1) is 0 Å².